The predicted octanol–water partition coefficient (Wildman–Crippen LogP) is 3.98. The van der Waals surface area contributed by atoms with Gasteiger partial charge in [-0.05, 0) is 47.9 Å². The highest BCUT2D eigenvalue weighted by atomic mass is 19.1. The van der Waals surface area contributed by atoms with E-state index in [1.165, 1.54) is 17.0 Å². The van der Waals surface area contributed by atoms with E-state index in [-0.39, 0.29) is 11.3 Å². The summed E-state index contributed by atoms with van der Waals surface area (Å²) in [6, 6.07) is 10.2. The predicted molar refractivity (Wildman–Crippen MR) is 106 cm³/mol. The van der Waals surface area contributed by atoms with Crippen LogP contribution >= 0.6 is 0 Å². The van der Waals surface area contributed by atoms with Crippen molar-refractivity contribution in [1.29, 1.82) is 0 Å². The first-order valence-electron chi connectivity index (χ1n) is 9.81. The van der Waals surface area contributed by atoms with Crippen molar-refractivity contribution in [2.45, 2.75) is 32.2 Å². The lowest BCUT2D eigenvalue weighted by Gasteiger charge is -2.25. The zero-order valence-corrected chi connectivity index (χ0v) is 16.2. The summed E-state index contributed by atoms with van der Waals surface area (Å²) in [6.45, 7) is 2.96. The number of ketones is 1. The second-order valence-electron chi connectivity index (χ2n) is 7.32. The second-order valence-corrected chi connectivity index (χ2v) is 7.32. The fourth-order valence-corrected chi connectivity index (χ4v) is 3.92. The van der Waals surface area contributed by atoms with E-state index in [9.17, 15) is 19.1 Å². The minimum atomic E-state index is -0.744. The number of amides is 1. The van der Waals surface area contributed by atoms with Crippen molar-refractivity contribution in [1.82, 2.24) is 4.90 Å². The fourth-order valence-electron chi connectivity index (χ4n) is 3.92. The van der Waals surface area contributed by atoms with Crippen molar-refractivity contribution in [3.05, 3.63) is 70.5 Å². The molecule has 0 bridgehead atoms. The Kier molecular flexibility index (Phi) is 5.09. The third kappa shape index (κ3) is 3.39. The number of rotatable bonds is 5. The monoisotopic (exact) mass is 395 g/mol. The Hall–Kier alpha value is -3.15. The number of likely N-dealkylation sites (tertiary alicyclic amines) is 1. The molecule has 0 aromatic heterocycles. The van der Waals surface area contributed by atoms with E-state index in [2.05, 4.69) is 0 Å². The Morgan fingerprint density at radius 2 is 1.97 bits per heavy atom. The number of hydrogen-bond donors (Lipinski definition) is 1. The first kappa shape index (κ1) is 19.2. The number of halogens is 1. The van der Waals surface area contributed by atoms with Crippen molar-refractivity contribution in [3.8, 4) is 5.75 Å². The van der Waals surface area contributed by atoms with Gasteiger partial charge in [0.05, 0.1) is 18.2 Å². The highest BCUT2D eigenvalue weighted by Crippen LogP contribution is 2.40. The Morgan fingerprint density at radius 1 is 1.21 bits per heavy atom. The van der Waals surface area contributed by atoms with Gasteiger partial charge in [-0.25, -0.2) is 4.39 Å². The lowest BCUT2D eigenvalue weighted by molar-refractivity contribution is -0.139. The third-order valence-electron chi connectivity index (χ3n) is 5.44. The van der Waals surface area contributed by atoms with Crippen LogP contribution in [0.25, 0.3) is 5.76 Å². The minimum absolute atomic E-state index is 0.0385. The number of aliphatic hydroxyl groups is 1. The molecule has 1 fully saturated rings. The molecule has 2 heterocycles. The number of ether oxygens (including phenoxy) is 1. The van der Waals surface area contributed by atoms with Gasteiger partial charge in [-0.1, -0.05) is 25.5 Å². The molecule has 0 radical (unpaired) electrons. The number of carbonyl (C=O) groups is 2. The number of benzene rings is 2. The molecule has 0 saturated carbocycles. The molecule has 4 rings (SSSR count). The van der Waals surface area contributed by atoms with Gasteiger partial charge < -0.3 is 14.7 Å². The SMILES string of the molecule is CCCCN1C(=O)C(=O)/C(=C(\O)c2ccc3c(c2)CCO3)C1c1ccc(F)cc1. The molecular weight excluding hydrogens is 373 g/mol. The van der Waals surface area contributed by atoms with Crippen molar-refractivity contribution in [2.75, 3.05) is 13.2 Å². The zero-order chi connectivity index (χ0) is 20.5. The van der Waals surface area contributed by atoms with Crippen LogP contribution in [0.1, 0.15) is 42.5 Å². The third-order valence-corrected chi connectivity index (χ3v) is 5.44. The van der Waals surface area contributed by atoms with Crippen LogP contribution in [-0.4, -0.2) is 34.8 Å². The Balaban J connectivity index is 1.83. The van der Waals surface area contributed by atoms with E-state index < -0.39 is 23.5 Å². The average molecular weight is 395 g/mol. The fraction of sp³-hybridized carbons (Fsp3) is 0.304. The van der Waals surface area contributed by atoms with Crippen LogP contribution in [0.2, 0.25) is 0 Å². The van der Waals surface area contributed by atoms with Gasteiger partial charge in [-0.15, -0.1) is 0 Å². The molecule has 2 aromatic carbocycles. The highest BCUT2D eigenvalue weighted by Gasteiger charge is 2.45. The summed E-state index contributed by atoms with van der Waals surface area (Å²) in [7, 11) is 0. The Labute approximate surface area is 168 Å². The van der Waals surface area contributed by atoms with Crippen LogP contribution in [0.15, 0.2) is 48.0 Å². The number of unbranched alkanes of at least 4 members (excludes halogenated alkanes) is 1. The van der Waals surface area contributed by atoms with Crippen molar-refractivity contribution >= 4 is 17.4 Å². The number of fused-ring (bicyclic) bond motifs is 1. The molecule has 1 N–H and O–H groups in total. The quantitative estimate of drug-likeness (QED) is 0.472. The normalized spacial score (nSPS) is 20.1. The topological polar surface area (TPSA) is 66.8 Å². The first-order valence-corrected chi connectivity index (χ1v) is 9.81. The van der Waals surface area contributed by atoms with E-state index in [4.69, 9.17) is 4.74 Å². The molecule has 6 heteroatoms. The molecule has 0 aliphatic carbocycles. The average Bonchev–Trinajstić information content (AvgIpc) is 3.29. The number of hydrogen-bond acceptors (Lipinski definition) is 4. The van der Waals surface area contributed by atoms with E-state index in [0.717, 1.165) is 30.6 Å². The number of Topliss-reactive ketones (excluding diaryl/α,β-unsaturated/α-hetero) is 1. The number of aliphatic hydroxyl groups excluding tert-OH is 1. The van der Waals surface area contributed by atoms with E-state index in [1.54, 1.807) is 30.3 Å². The molecule has 1 atom stereocenters. The van der Waals surface area contributed by atoms with Crippen molar-refractivity contribution < 1.29 is 23.8 Å². The molecule has 150 valence electrons. The van der Waals surface area contributed by atoms with Gasteiger partial charge in [0.2, 0.25) is 0 Å². The van der Waals surface area contributed by atoms with Gasteiger partial charge >= 0.3 is 0 Å². The second kappa shape index (κ2) is 7.70. The standard InChI is InChI=1S/C23H22FNO4/c1-2-3-11-25-20(14-4-7-17(24)8-5-14)19(22(27)23(25)28)21(26)16-6-9-18-15(13-16)10-12-29-18/h4-9,13,20,26H,2-3,10-12H2,1H3/b21-19-. The molecular formula is C23H22FNO4. The maximum atomic E-state index is 13.5. The molecule has 2 aliphatic heterocycles. The summed E-state index contributed by atoms with van der Waals surface area (Å²) in [6.07, 6.45) is 2.30. The zero-order valence-electron chi connectivity index (χ0n) is 16.2. The molecule has 5 nitrogen and oxygen atoms in total. The van der Waals surface area contributed by atoms with Gasteiger partial charge in [0.25, 0.3) is 11.7 Å². The molecule has 1 unspecified atom stereocenters. The summed E-state index contributed by atoms with van der Waals surface area (Å²) in [4.78, 5) is 27.1. The van der Waals surface area contributed by atoms with Crippen LogP contribution in [0, 0.1) is 5.82 Å². The van der Waals surface area contributed by atoms with E-state index in [0.29, 0.717) is 24.3 Å². The molecule has 29 heavy (non-hydrogen) atoms. The summed E-state index contributed by atoms with van der Waals surface area (Å²) < 4.78 is 19.0. The largest absolute Gasteiger partial charge is 0.507 e. The summed E-state index contributed by atoms with van der Waals surface area (Å²) in [5.41, 5.74) is 2.05. The molecule has 2 aromatic rings. The molecule has 1 amide bonds. The van der Waals surface area contributed by atoms with Gasteiger partial charge in [0, 0.05) is 18.5 Å². The first-order chi connectivity index (χ1) is 14.0. The van der Waals surface area contributed by atoms with Crippen LogP contribution < -0.4 is 4.74 Å². The number of carbonyl (C=O) groups excluding carboxylic acids is 2. The summed E-state index contributed by atoms with van der Waals surface area (Å²) in [5, 5.41) is 11.0. The smallest absolute Gasteiger partial charge is 0.295 e. The van der Waals surface area contributed by atoms with Crippen molar-refractivity contribution in [3.63, 3.8) is 0 Å². The van der Waals surface area contributed by atoms with Crippen LogP contribution in [0.5, 0.6) is 5.75 Å². The lowest BCUT2D eigenvalue weighted by Crippen LogP contribution is -2.30. The molecule has 2 aliphatic rings. The highest BCUT2D eigenvalue weighted by molar-refractivity contribution is 6.46. The van der Waals surface area contributed by atoms with Crippen molar-refractivity contribution in [2.24, 2.45) is 0 Å². The maximum absolute atomic E-state index is 13.5. The van der Waals surface area contributed by atoms with Gasteiger partial charge in [0.1, 0.15) is 17.3 Å². The summed E-state index contributed by atoms with van der Waals surface area (Å²) >= 11 is 0. The number of nitrogens with zero attached hydrogens (tertiary/aromatic N) is 1. The van der Waals surface area contributed by atoms with E-state index >= 15 is 0 Å². The Morgan fingerprint density at radius 3 is 2.69 bits per heavy atom. The van der Waals surface area contributed by atoms with Crippen LogP contribution in [0.4, 0.5) is 4.39 Å². The Bertz CT molecular complexity index is 996. The summed E-state index contributed by atoms with van der Waals surface area (Å²) in [5.74, 6) is -1.22. The molecule has 1 saturated heterocycles. The lowest BCUT2D eigenvalue weighted by atomic mass is 9.94. The van der Waals surface area contributed by atoms with Gasteiger partial charge in [-0.2, -0.15) is 0 Å². The maximum Gasteiger partial charge on any atom is 0.295 e. The van der Waals surface area contributed by atoms with Gasteiger partial charge in [0.15, 0.2) is 0 Å². The van der Waals surface area contributed by atoms with Crippen LogP contribution in [0.3, 0.4) is 0 Å². The minimum Gasteiger partial charge on any atom is -0.507 e. The van der Waals surface area contributed by atoms with Crippen LogP contribution in [-0.2, 0) is 16.0 Å². The molecule has 0 spiro atoms. The van der Waals surface area contributed by atoms with E-state index in [1.807, 2.05) is 6.92 Å². The van der Waals surface area contributed by atoms with Gasteiger partial charge in [-0.3, -0.25) is 9.59 Å².